The first-order valence-corrected chi connectivity index (χ1v) is 7.87. The molecule has 0 saturated carbocycles. The Hall–Kier alpha value is -0.680. The van der Waals surface area contributed by atoms with Crippen LogP contribution in [0.15, 0.2) is 0 Å². The Labute approximate surface area is 121 Å². The lowest BCUT2D eigenvalue weighted by molar-refractivity contribution is 0.222. The summed E-state index contributed by atoms with van der Waals surface area (Å²) in [5.74, 6) is 1.76. The lowest BCUT2D eigenvalue weighted by Gasteiger charge is -2.31. The molecule has 0 aliphatic carbocycles. The van der Waals surface area contributed by atoms with Gasteiger partial charge in [-0.05, 0) is 38.9 Å². The number of nitrogens with zero attached hydrogens (tertiary/aromatic N) is 4. The molecule has 2 rings (SSSR count). The van der Waals surface area contributed by atoms with Crippen molar-refractivity contribution in [3.8, 4) is 0 Å². The molecule has 0 spiro atoms. The van der Waals surface area contributed by atoms with Crippen LogP contribution < -0.4 is 4.90 Å². The molecule has 1 aromatic rings. The van der Waals surface area contributed by atoms with Gasteiger partial charge in [0, 0.05) is 30.5 Å². The van der Waals surface area contributed by atoms with Gasteiger partial charge in [-0.15, -0.1) is 0 Å². The maximum absolute atomic E-state index is 4.68. The molecule has 108 valence electrons. The van der Waals surface area contributed by atoms with Crippen molar-refractivity contribution in [2.24, 2.45) is 5.92 Å². The van der Waals surface area contributed by atoms with Crippen molar-refractivity contribution in [1.82, 2.24) is 14.3 Å². The van der Waals surface area contributed by atoms with Crippen LogP contribution >= 0.6 is 11.5 Å². The molecule has 19 heavy (non-hydrogen) atoms. The van der Waals surface area contributed by atoms with Gasteiger partial charge in [0.25, 0.3) is 0 Å². The fourth-order valence-electron chi connectivity index (χ4n) is 2.39. The standard InChI is InChI=1S/C14H26N4S/c1-14(2,3)12-15-13(19-16-12)18(5)10-11-6-8-17(4)9-7-11/h11H,6-10H2,1-5H3. The molecule has 0 aromatic carbocycles. The molecule has 4 nitrogen and oxygen atoms in total. The first kappa shape index (κ1) is 14.7. The van der Waals surface area contributed by atoms with Gasteiger partial charge in [-0.1, -0.05) is 20.8 Å². The summed E-state index contributed by atoms with van der Waals surface area (Å²) >= 11 is 1.53. The smallest absolute Gasteiger partial charge is 0.204 e. The zero-order chi connectivity index (χ0) is 14.0. The van der Waals surface area contributed by atoms with E-state index >= 15 is 0 Å². The van der Waals surface area contributed by atoms with Crippen molar-refractivity contribution >= 4 is 16.7 Å². The molecule has 0 N–H and O–H groups in total. The van der Waals surface area contributed by atoms with Gasteiger partial charge in [-0.25, -0.2) is 4.98 Å². The molecule has 2 heterocycles. The summed E-state index contributed by atoms with van der Waals surface area (Å²) in [6.07, 6.45) is 2.59. The Morgan fingerprint density at radius 1 is 1.32 bits per heavy atom. The van der Waals surface area contributed by atoms with Crippen molar-refractivity contribution in [1.29, 1.82) is 0 Å². The van der Waals surface area contributed by atoms with E-state index in [1.807, 2.05) is 0 Å². The van der Waals surface area contributed by atoms with Crippen molar-refractivity contribution < 1.29 is 0 Å². The molecular formula is C14H26N4S. The molecular weight excluding hydrogens is 256 g/mol. The average Bonchev–Trinajstić information content (AvgIpc) is 2.81. The molecule has 1 fully saturated rings. The highest BCUT2D eigenvalue weighted by Gasteiger charge is 2.23. The minimum Gasteiger partial charge on any atom is -0.350 e. The molecule has 0 radical (unpaired) electrons. The monoisotopic (exact) mass is 282 g/mol. The number of likely N-dealkylation sites (tertiary alicyclic amines) is 1. The zero-order valence-corrected chi connectivity index (χ0v) is 13.6. The van der Waals surface area contributed by atoms with Crippen molar-refractivity contribution in [2.75, 3.05) is 38.6 Å². The summed E-state index contributed by atoms with van der Waals surface area (Å²) in [6, 6.07) is 0. The third-order valence-electron chi connectivity index (χ3n) is 3.78. The van der Waals surface area contributed by atoms with Crippen molar-refractivity contribution in [3.63, 3.8) is 0 Å². The van der Waals surface area contributed by atoms with E-state index in [-0.39, 0.29) is 5.41 Å². The normalized spacial score (nSPS) is 18.8. The molecule has 0 amide bonds. The summed E-state index contributed by atoms with van der Waals surface area (Å²) in [6.45, 7) is 10.0. The van der Waals surface area contributed by atoms with Crippen LogP contribution in [0.1, 0.15) is 39.4 Å². The maximum atomic E-state index is 4.68. The summed E-state index contributed by atoms with van der Waals surface area (Å²) in [4.78, 5) is 9.38. The number of hydrogen-bond acceptors (Lipinski definition) is 5. The first-order chi connectivity index (χ1) is 8.86. The zero-order valence-electron chi connectivity index (χ0n) is 12.8. The molecule has 0 unspecified atom stereocenters. The van der Waals surface area contributed by atoms with Gasteiger partial charge in [0.05, 0.1) is 0 Å². The van der Waals surface area contributed by atoms with E-state index in [1.165, 1.54) is 37.5 Å². The predicted molar refractivity (Wildman–Crippen MR) is 82.1 cm³/mol. The predicted octanol–water partition coefficient (Wildman–Crippen LogP) is 2.61. The van der Waals surface area contributed by atoms with E-state index in [9.17, 15) is 0 Å². The van der Waals surface area contributed by atoms with Gasteiger partial charge >= 0.3 is 0 Å². The largest absolute Gasteiger partial charge is 0.350 e. The van der Waals surface area contributed by atoms with Crippen LogP contribution in [0, 0.1) is 5.92 Å². The van der Waals surface area contributed by atoms with Gasteiger partial charge in [0.15, 0.2) is 0 Å². The first-order valence-electron chi connectivity index (χ1n) is 7.10. The fourth-order valence-corrected chi connectivity index (χ4v) is 3.21. The van der Waals surface area contributed by atoms with E-state index in [1.54, 1.807) is 0 Å². The summed E-state index contributed by atoms with van der Waals surface area (Å²) in [5, 5.41) is 1.06. The molecule has 1 aromatic heterocycles. The van der Waals surface area contributed by atoms with Crippen LogP contribution in [0.2, 0.25) is 0 Å². The van der Waals surface area contributed by atoms with E-state index in [2.05, 4.69) is 54.0 Å². The quantitative estimate of drug-likeness (QED) is 0.853. The van der Waals surface area contributed by atoms with E-state index < -0.39 is 0 Å². The van der Waals surface area contributed by atoms with Gasteiger partial charge in [-0.2, -0.15) is 4.37 Å². The molecule has 0 bridgehead atoms. The second-order valence-corrected chi connectivity index (χ2v) is 7.51. The third-order valence-corrected chi connectivity index (χ3v) is 4.61. The Bertz CT molecular complexity index is 402. The number of rotatable bonds is 3. The highest BCUT2D eigenvalue weighted by Crippen LogP contribution is 2.26. The van der Waals surface area contributed by atoms with Crippen LogP contribution in [-0.2, 0) is 5.41 Å². The molecule has 1 aliphatic rings. The van der Waals surface area contributed by atoms with Gasteiger partial charge in [0.2, 0.25) is 5.13 Å². The Kier molecular flexibility index (Phi) is 4.46. The van der Waals surface area contributed by atoms with Crippen LogP contribution in [0.3, 0.4) is 0 Å². The highest BCUT2D eigenvalue weighted by atomic mass is 32.1. The fraction of sp³-hybridized carbons (Fsp3) is 0.857. The molecule has 0 atom stereocenters. The maximum Gasteiger partial charge on any atom is 0.204 e. The Morgan fingerprint density at radius 3 is 2.47 bits per heavy atom. The SMILES string of the molecule is CN1CCC(CN(C)c2nc(C(C)(C)C)ns2)CC1. The van der Waals surface area contributed by atoms with E-state index in [4.69, 9.17) is 0 Å². The van der Waals surface area contributed by atoms with E-state index in [0.29, 0.717) is 0 Å². The Morgan fingerprint density at radius 2 is 1.95 bits per heavy atom. The highest BCUT2D eigenvalue weighted by molar-refractivity contribution is 7.09. The minimum absolute atomic E-state index is 0.0448. The lowest BCUT2D eigenvalue weighted by Crippen LogP contribution is -2.35. The minimum atomic E-state index is 0.0448. The van der Waals surface area contributed by atoms with Gasteiger partial charge in [0.1, 0.15) is 5.82 Å². The Balaban J connectivity index is 1.93. The average molecular weight is 282 g/mol. The lowest BCUT2D eigenvalue weighted by atomic mass is 9.96. The number of anilines is 1. The summed E-state index contributed by atoms with van der Waals surface area (Å²) in [5.41, 5.74) is 0.0448. The van der Waals surface area contributed by atoms with Gasteiger partial charge < -0.3 is 9.80 Å². The van der Waals surface area contributed by atoms with E-state index in [0.717, 1.165) is 23.4 Å². The number of piperidine rings is 1. The molecule has 1 aliphatic heterocycles. The van der Waals surface area contributed by atoms with Crippen LogP contribution in [0.4, 0.5) is 5.13 Å². The topological polar surface area (TPSA) is 32.3 Å². The van der Waals surface area contributed by atoms with Crippen LogP contribution in [0.25, 0.3) is 0 Å². The molecule has 1 saturated heterocycles. The van der Waals surface area contributed by atoms with Gasteiger partial charge in [-0.3, -0.25) is 0 Å². The molecule has 5 heteroatoms. The summed E-state index contributed by atoms with van der Waals surface area (Å²) in [7, 11) is 4.35. The second kappa shape index (κ2) is 5.75. The van der Waals surface area contributed by atoms with Crippen LogP contribution in [0.5, 0.6) is 0 Å². The third kappa shape index (κ3) is 3.89. The van der Waals surface area contributed by atoms with Crippen molar-refractivity contribution in [3.05, 3.63) is 5.82 Å². The van der Waals surface area contributed by atoms with Crippen molar-refractivity contribution in [2.45, 2.75) is 39.0 Å². The second-order valence-electron chi connectivity index (χ2n) is 6.78. The number of aromatic nitrogens is 2. The van der Waals surface area contributed by atoms with Crippen LogP contribution in [-0.4, -0.2) is 48.0 Å². The summed E-state index contributed by atoms with van der Waals surface area (Å²) < 4.78 is 4.49. The number of hydrogen-bond donors (Lipinski definition) is 0.